The van der Waals surface area contributed by atoms with E-state index >= 15 is 0 Å². The predicted molar refractivity (Wildman–Crippen MR) is 128 cm³/mol. The number of para-hydroxylation sites is 1. The lowest BCUT2D eigenvalue weighted by atomic mass is 10.2. The molecule has 3 aromatic carbocycles. The smallest absolute Gasteiger partial charge is 0.279 e. The summed E-state index contributed by atoms with van der Waals surface area (Å²) in [5, 5.41) is 0. The van der Waals surface area contributed by atoms with Gasteiger partial charge in [-0.2, -0.15) is 4.99 Å². The van der Waals surface area contributed by atoms with Gasteiger partial charge >= 0.3 is 0 Å². The van der Waals surface area contributed by atoms with E-state index in [-0.39, 0.29) is 27.3 Å². The van der Waals surface area contributed by atoms with Gasteiger partial charge < -0.3 is 4.57 Å². The van der Waals surface area contributed by atoms with Crippen LogP contribution in [-0.2, 0) is 16.6 Å². The van der Waals surface area contributed by atoms with Gasteiger partial charge in [-0.3, -0.25) is 9.10 Å². The largest absolute Gasteiger partial charge is 0.310 e. The van der Waals surface area contributed by atoms with Crippen LogP contribution >= 0.6 is 11.3 Å². The van der Waals surface area contributed by atoms with E-state index in [0.717, 1.165) is 21.7 Å². The predicted octanol–water partition coefficient (Wildman–Crippen LogP) is 4.73. The molecule has 34 heavy (non-hydrogen) atoms. The maximum Gasteiger partial charge on any atom is 0.279 e. The lowest BCUT2D eigenvalue weighted by molar-refractivity contribution is 0.0997. The van der Waals surface area contributed by atoms with Crippen molar-refractivity contribution in [3.8, 4) is 0 Å². The van der Waals surface area contributed by atoms with Gasteiger partial charge in [0.1, 0.15) is 5.82 Å². The van der Waals surface area contributed by atoms with Gasteiger partial charge in [0.15, 0.2) is 10.6 Å². The summed E-state index contributed by atoms with van der Waals surface area (Å²) in [6.07, 6.45) is 1.52. The molecule has 10 heteroatoms. The summed E-state index contributed by atoms with van der Waals surface area (Å²) in [5.41, 5.74) is 0.775. The monoisotopic (exact) mass is 499 g/mol. The molecule has 0 N–H and O–H groups in total. The first-order valence-corrected chi connectivity index (χ1v) is 12.3. The molecule has 0 unspecified atom stereocenters. The number of benzene rings is 3. The van der Waals surface area contributed by atoms with Crippen LogP contribution in [0.25, 0.3) is 10.2 Å². The zero-order chi connectivity index (χ0) is 24.5. The van der Waals surface area contributed by atoms with E-state index in [9.17, 15) is 22.0 Å². The zero-order valence-electron chi connectivity index (χ0n) is 18.0. The highest BCUT2D eigenvalue weighted by Crippen LogP contribution is 2.24. The number of rotatable bonds is 6. The van der Waals surface area contributed by atoms with Crippen LogP contribution in [0, 0.1) is 11.6 Å². The number of fused-ring (bicyclic) bond motifs is 1. The van der Waals surface area contributed by atoms with E-state index in [1.807, 2.05) is 0 Å². The highest BCUT2D eigenvalue weighted by Gasteiger charge is 2.21. The molecule has 0 saturated heterocycles. The molecular formula is C24H19F2N3O3S2. The highest BCUT2D eigenvalue weighted by atomic mass is 32.2. The van der Waals surface area contributed by atoms with Crippen LogP contribution in [0.2, 0.25) is 0 Å². The van der Waals surface area contributed by atoms with Gasteiger partial charge in [0, 0.05) is 25.2 Å². The van der Waals surface area contributed by atoms with Crippen LogP contribution in [-0.4, -0.2) is 25.9 Å². The van der Waals surface area contributed by atoms with Crippen LogP contribution in [0.3, 0.4) is 0 Å². The van der Waals surface area contributed by atoms with Crippen molar-refractivity contribution in [1.82, 2.24) is 4.57 Å². The van der Waals surface area contributed by atoms with E-state index in [2.05, 4.69) is 11.6 Å². The Labute approximate surface area is 198 Å². The minimum atomic E-state index is -3.83. The average Bonchev–Trinajstić information content (AvgIpc) is 3.16. The third-order valence-electron chi connectivity index (χ3n) is 5.08. The van der Waals surface area contributed by atoms with Gasteiger partial charge in [0.25, 0.3) is 15.9 Å². The van der Waals surface area contributed by atoms with Gasteiger partial charge in [-0.1, -0.05) is 35.6 Å². The summed E-state index contributed by atoms with van der Waals surface area (Å²) < 4.78 is 56.7. The molecule has 0 bridgehead atoms. The highest BCUT2D eigenvalue weighted by molar-refractivity contribution is 7.92. The fourth-order valence-corrected chi connectivity index (χ4v) is 5.64. The van der Waals surface area contributed by atoms with Gasteiger partial charge in [0.2, 0.25) is 0 Å². The second kappa shape index (κ2) is 9.32. The summed E-state index contributed by atoms with van der Waals surface area (Å²) in [6, 6.07) is 15.9. The molecule has 1 amide bonds. The first-order valence-electron chi connectivity index (χ1n) is 10.0. The summed E-state index contributed by atoms with van der Waals surface area (Å²) in [5.74, 6) is -2.14. The van der Waals surface area contributed by atoms with Crippen molar-refractivity contribution in [2.45, 2.75) is 11.4 Å². The third-order valence-corrected chi connectivity index (χ3v) is 7.91. The fourth-order valence-electron chi connectivity index (χ4n) is 3.37. The standard InChI is InChI=1S/C24H19F2N3O3S2/c1-3-13-29-22-20(26)14-17(25)15-21(22)33-24(29)27-23(30)16-9-11-19(12-10-16)34(31,32)28(2)18-7-5-4-6-8-18/h3-12,14-15H,1,13H2,2H3. The number of aromatic nitrogens is 1. The SMILES string of the molecule is C=CCn1c(=NC(=O)c2ccc(S(=O)(=O)N(C)c3ccccc3)cc2)sc2cc(F)cc(F)c21. The van der Waals surface area contributed by atoms with Gasteiger partial charge in [-0.05, 0) is 42.5 Å². The molecule has 0 aliphatic heterocycles. The zero-order valence-corrected chi connectivity index (χ0v) is 19.6. The van der Waals surface area contributed by atoms with Crippen LogP contribution in [0.15, 0.2) is 89.3 Å². The summed E-state index contributed by atoms with van der Waals surface area (Å²) in [4.78, 5) is 17.0. The van der Waals surface area contributed by atoms with Gasteiger partial charge in [-0.15, -0.1) is 6.58 Å². The van der Waals surface area contributed by atoms with Crippen LogP contribution in [0.5, 0.6) is 0 Å². The summed E-state index contributed by atoms with van der Waals surface area (Å²) >= 11 is 0.969. The average molecular weight is 500 g/mol. The molecule has 0 spiro atoms. The van der Waals surface area contributed by atoms with Crippen LogP contribution in [0.1, 0.15) is 10.4 Å². The normalized spacial score (nSPS) is 12.1. The van der Waals surface area contributed by atoms with E-state index in [4.69, 9.17) is 0 Å². The number of amides is 1. The van der Waals surface area contributed by atoms with E-state index in [1.165, 1.54) is 48.0 Å². The fraction of sp³-hybridized carbons (Fsp3) is 0.0833. The Morgan fingerprint density at radius 2 is 1.79 bits per heavy atom. The van der Waals surface area contributed by atoms with Crippen molar-refractivity contribution in [3.05, 3.63) is 101 Å². The quantitative estimate of drug-likeness (QED) is 0.360. The number of halogens is 2. The Morgan fingerprint density at radius 1 is 1.12 bits per heavy atom. The Kier molecular flexibility index (Phi) is 6.45. The molecule has 6 nitrogen and oxygen atoms in total. The molecular weight excluding hydrogens is 480 g/mol. The second-order valence-corrected chi connectivity index (χ2v) is 10.2. The number of allylic oxidation sites excluding steroid dienone is 1. The number of thiazole rings is 1. The number of hydrogen-bond donors (Lipinski definition) is 0. The van der Waals surface area contributed by atoms with Crippen molar-refractivity contribution in [2.75, 3.05) is 11.4 Å². The van der Waals surface area contributed by atoms with Crippen molar-refractivity contribution in [3.63, 3.8) is 0 Å². The van der Waals surface area contributed by atoms with Crippen molar-refractivity contribution >= 4 is 43.2 Å². The third kappa shape index (κ3) is 4.42. The molecule has 0 radical (unpaired) electrons. The van der Waals surface area contributed by atoms with E-state index < -0.39 is 27.6 Å². The topological polar surface area (TPSA) is 71.7 Å². The molecule has 4 aromatic rings. The summed E-state index contributed by atoms with van der Waals surface area (Å²) in [7, 11) is -2.39. The Morgan fingerprint density at radius 3 is 2.44 bits per heavy atom. The maximum atomic E-state index is 14.4. The van der Waals surface area contributed by atoms with Crippen molar-refractivity contribution < 1.29 is 22.0 Å². The van der Waals surface area contributed by atoms with E-state index in [1.54, 1.807) is 30.3 Å². The Bertz CT molecular complexity index is 1560. The number of hydrogen-bond acceptors (Lipinski definition) is 4. The maximum absolute atomic E-state index is 14.4. The van der Waals surface area contributed by atoms with Gasteiger partial charge in [0.05, 0.1) is 20.8 Å². The minimum absolute atomic E-state index is 0.0107. The first-order chi connectivity index (χ1) is 16.2. The number of carbonyl (C=O) groups excluding carboxylic acids is 1. The lowest BCUT2D eigenvalue weighted by Crippen LogP contribution is -2.26. The number of carbonyl (C=O) groups is 1. The van der Waals surface area contributed by atoms with Gasteiger partial charge in [-0.25, -0.2) is 17.2 Å². The first kappa shape index (κ1) is 23.5. The van der Waals surface area contributed by atoms with Crippen LogP contribution in [0.4, 0.5) is 14.5 Å². The Balaban J connectivity index is 1.69. The number of sulfonamides is 1. The molecule has 0 aliphatic carbocycles. The number of nitrogens with zero attached hydrogens (tertiary/aromatic N) is 3. The molecule has 0 saturated carbocycles. The van der Waals surface area contributed by atoms with E-state index in [0.29, 0.717) is 10.4 Å². The molecule has 174 valence electrons. The van der Waals surface area contributed by atoms with Crippen molar-refractivity contribution in [1.29, 1.82) is 0 Å². The molecule has 1 heterocycles. The number of anilines is 1. The molecule has 4 rings (SSSR count). The molecule has 0 fully saturated rings. The summed E-state index contributed by atoms with van der Waals surface area (Å²) in [6.45, 7) is 3.80. The lowest BCUT2D eigenvalue weighted by Gasteiger charge is -2.19. The van der Waals surface area contributed by atoms with Crippen molar-refractivity contribution in [2.24, 2.45) is 4.99 Å². The van der Waals surface area contributed by atoms with Crippen LogP contribution < -0.4 is 9.11 Å². The second-order valence-electron chi connectivity index (χ2n) is 7.27. The molecule has 0 aliphatic rings. The molecule has 0 atom stereocenters. The Hall–Kier alpha value is -3.63. The molecule has 1 aromatic heterocycles. The minimum Gasteiger partial charge on any atom is -0.310 e.